The third-order valence-corrected chi connectivity index (χ3v) is 3.23. The summed E-state index contributed by atoms with van der Waals surface area (Å²) in [6, 6.07) is 1.83. The van der Waals surface area contributed by atoms with Crippen molar-refractivity contribution >= 4 is 5.82 Å². The largest absolute Gasteiger partial charge is 0.435 e. The normalized spacial score (nSPS) is 10.7. The van der Waals surface area contributed by atoms with Crippen molar-refractivity contribution in [2.75, 3.05) is 11.9 Å². The summed E-state index contributed by atoms with van der Waals surface area (Å²) < 4.78 is 7.77. The van der Waals surface area contributed by atoms with Gasteiger partial charge >= 0.3 is 0 Å². The fourth-order valence-electron chi connectivity index (χ4n) is 2.14. The monoisotopic (exact) mass is 289 g/mol. The maximum atomic E-state index is 5.96. The van der Waals surface area contributed by atoms with E-state index in [0.29, 0.717) is 5.88 Å². The second-order valence-corrected chi connectivity index (χ2v) is 5.01. The van der Waals surface area contributed by atoms with Crippen molar-refractivity contribution in [2.45, 2.75) is 40.5 Å². The van der Waals surface area contributed by atoms with E-state index in [2.05, 4.69) is 27.3 Å². The minimum Gasteiger partial charge on any atom is -0.435 e. The van der Waals surface area contributed by atoms with Gasteiger partial charge in [0.2, 0.25) is 5.88 Å². The summed E-state index contributed by atoms with van der Waals surface area (Å²) in [4.78, 5) is 8.96. The third kappa shape index (κ3) is 3.51. The first-order chi connectivity index (χ1) is 10.0. The molecule has 114 valence electrons. The number of aromatic nitrogens is 4. The molecule has 0 aromatic carbocycles. The number of hydrogen-bond acceptors (Lipinski definition) is 5. The predicted molar refractivity (Wildman–Crippen MR) is 82.9 cm³/mol. The highest BCUT2D eigenvalue weighted by molar-refractivity contribution is 5.41. The molecular formula is C15H23N5O. The Morgan fingerprint density at radius 1 is 1.24 bits per heavy atom. The lowest BCUT2D eigenvalue weighted by molar-refractivity contribution is 0.451. The maximum Gasteiger partial charge on any atom is 0.224 e. The lowest BCUT2D eigenvalue weighted by atomic mass is 10.3. The zero-order valence-electron chi connectivity index (χ0n) is 13.4. The Bertz CT molecular complexity index is 597. The van der Waals surface area contributed by atoms with E-state index in [1.807, 2.05) is 38.6 Å². The van der Waals surface area contributed by atoms with Gasteiger partial charge in [-0.1, -0.05) is 6.92 Å². The Hall–Kier alpha value is -2.11. The number of nitrogens with zero attached hydrogens (tertiary/aromatic N) is 4. The van der Waals surface area contributed by atoms with E-state index in [4.69, 9.17) is 4.74 Å². The number of rotatable bonds is 6. The molecule has 0 aliphatic carbocycles. The van der Waals surface area contributed by atoms with Crippen LogP contribution in [0, 0.1) is 13.8 Å². The molecule has 6 heteroatoms. The van der Waals surface area contributed by atoms with Crippen LogP contribution in [-0.2, 0) is 13.5 Å². The average molecular weight is 289 g/mol. The second kappa shape index (κ2) is 6.56. The first-order valence-electron chi connectivity index (χ1n) is 7.35. The quantitative estimate of drug-likeness (QED) is 0.885. The SMILES string of the molecule is CCCc1nc(NCC)cc(Oc2c(C)nn(C)c2C)n1. The van der Waals surface area contributed by atoms with Crippen LogP contribution in [0.2, 0.25) is 0 Å². The molecule has 0 spiro atoms. The Labute approximate surface area is 125 Å². The van der Waals surface area contributed by atoms with Crippen LogP contribution in [0.5, 0.6) is 11.6 Å². The summed E-state index contributed by atoms with van der Waals surface area (Å²) in [5.41, 5.74) is 1.84. The third-order valence-electron chi connectivity index (χ3n) is 3.23. The molecule has 0 atom stereocenters. The topological polar surface area (TPSA) is 64.9 Å². The van der Waals surface area contributed by atoms with Gasteiger partial charge in [-0.3, -0.25) is 4.68 Å². The Morgan fingerprint density at radius 2 is 2.00 bits per heavy atom. The number of ether oxygens (including phenoxy) is 1. The summed E-state index contributed by atoms with van der Waals surface area (Å²) >= 11 is 0. The van der Waals surface area contributed by atoms with Gasteiger partial charge in [0.25, 0.3) is 0 Å². The van der Waals surface area contributed by atoms with E-state index < -0.39 is 0 Å². The van der Waals surface area contributed by atoms with Gasteiger partial charge < -0.3 is 10.1 Å². The molecule has 0 aliphatic rings. The number of aryl methyl sites for hydroxylation is 3. The molecule has 21 heavy (non-hydrogen) atoms. The van der Waals surface area contributed by atoms with Crippen LogP contribution in [0.3, 0.4) is 0 Å². The van der Waals surface area contributed by atoms with Gasteiger partial charge in [0.1, 0.15) is 17.3 Å². The fraction of sp³-hybridized carbons (Fsp3) is 0.533. The van der Waals surface area contributed by atoms with E-state index >= 15 is 0 Å². The molecule has 0 saturated heterocycles. The minimum atomic E-state index is 0.559. The molecule has 2 aromatic rings. The highest BCUT2D eigenvalue weighted by Crippen LogP contribution is 2.28. The molecule has 0 unspecified atom stereocenters. The van der Waals surface area contributed by atoms with Gasteiger partial charge in [0.05, 0.1) is 5.69 Å². The standard InChI is InChI=1S/C15H23N5O/c1-6-8-12-17-13(16-7-2)9-14(18-12)21-15-10(3)19-20(5)11(15)4/h9H,6-8H2,1-5H3,(H,16,17,18). The molecule has 0 fully saturated rings. The van der Waals surface area contributed by atoms with Crippen molar-refractivity contribution in [3.05, 3.63) is 23.3 Å². The lowest BCUT2D eigenvalue weighted by Gasteiger charge is -2.10. The molecule has 0 amide bonds. The number of nitrogens with one attached hydrogen (secondary N) is 1. The van der Waals surface area contributed by atoms with Gasteiger partial charge in [-0.25, -0.2) is 4.98 Å². The molecule has 6 nitrogen and oxygen atoms in total. The molecule has 1 N–H and O–H groups in total. The van der Waals surface area contributed by atoms with Crippen LogP contribution >= 0.6 is 0 Å². The van der Waals surface area contributed by atoms with Gasteiger partial charge in [0.15, 0.2) is 5.75 Å². The first-order valence-corrected chi connectivity index (χ1v) is 7.35. The zero-order valence-corrected chi connectivity index (χ0v) is 13.4. The fourth-order valence-corrected chi connectivity index (χ4v) is 2.14. The van der Waals surface area contributed by atoms with Crippen LogP contribution in [-0.4, -0.2) is 26.3 Å². The van der Waals surface area contributed by atoms with E-state index in [0.717, 1.165) is 48.2 Å². The van der Waals surface area contributed by atoms with Gasteiger partial charge in [-0.2, -0.15) is 10.1 Å². The highest BCUT2D eigenvalue weighted by atomic mass is 16.5. The Morgan fingerprint density at radius 3 is 2.57 bits per heavy atom. The van der Waals surface area contributed by atoms with E-state index in [1.54, 1.807) is 0 Å². The highest BCUT2D eigenvalue weighted by Gasteiger charge is 2.14. The van der Waals surface area contributed by atoms with Gasteiger partial charge in [-0.05, 0) is 27.2 Å². The smallest absolute Gasteiger partial charge is 0.224 e. The van der Waals surface area contributed by atoms with Crippen LogP contribution in [0.1, 0.15) is 37.5 Å². The van der Waals surface area contributed by atoms with Crippen LogP contribution in [0.15, 0.2) is 6.07 Å². The van der Waals surface area contributed by atoms with E-state index in [9.17, 15) is 0 Å². The molecule has 0 bridgehead atoms. The first kappa shape index (κ1) is 15.3. The molecule has 2 rings (SSSR count). The maximum absolute atomic E-state index is 5.96. The lowest BCUT2D eigenvalue weighted by Crippen LogP contribution is -2.05. The number of anilines is 1. The van der Waals surface area contributed by atoms with Crippen molar-refractivity contribution in [3.63, 3.8) is 0 Å². The second-order valence-electron chi connectivity index (χ2n) is 5.01. The minimum absolute atomic E-state index is 0.559. The zero-order chi connectivity index (χ0) is 15.4. The van der Waals surface area contributed by atoms with Crippen LogP contribution in [0.4, 0.5) is 5.82 Å². The Kier molecular flexibility index (Phi) is 4.77. The Balaban J connectivity index is 2.33. The summed E-state index contributed by atoms with van der Waals surface area (Å²) in [6.45, 7) is 8.88. The van der Waals surface area contributed by atoms with Crippen molar-refractivity contribution in [2.24, 2.45) is 7.05 Å². The van der Waals surface area contributed by atoms with Crippen LogP contribution < -0.4 is 10.1 Å². The molecule has 2 heterocycles. The molecule has 0 aliphatic heterocycles. The van der Waals surface area contributed by atoms with Gasteiger partial charge in [-0.15, -0.1) is 0 Å². The molecule has 0 saturated carbocycles. The summed E-state index contributed by atoms with van der Waals surface area (Å²) in [7, 11) is 1.90. The predicted octanol–water partition coefficient (Wildman–Crippen LogP) is 3.00. The van der Waals surface area contributed by atoms with E-state index in [1.165, 1.54) is 0 Å². The summed E-state index contributed by atoms with van der Waals surface area (Å²) in [5.74, 6) is 2.92. The molecule has 2 aromatic heterocycles. The summed E-state index contributed by atoms with van der Waals surface area (Å²) in [5, 5.41) is 7.57. The van der Waals surface area contributed by atoms with Gasteiger partial charge in [0, 0.05) is 26.1 Å². The van der Waals surface area contributed by atoms with Crippen molar-refractivity contribution in [1.82, 2.24) is 19.7 Å². The van der Waals surface area contributed by atoms with Crippen LogP contribution in [0.25, 0.3) is 0 Å². The number of hydrogen-bond donors (Lipinski definition) is 1. The van der Waals surface area contributed by atoms with Crippen molar-refractivity contribution in [1.29, 1.82) is 0 Å². The van der Waals surface area contributed by atoms with E-state index in [-0.39, 0.29) is 0 Å². The molecule has 0 radical (unpaired) electrons. The van der Waals surface area contributed by atoms with Crippen molar-refractivity contribution < 1.29 is 4.74 Å². The summed E-state index contributed by atoms with van der Waals surface area (Å²) in [6.07, 6.45) is 1.83. The average Bonchev–Trinajstić information content (AvgIpc) is 2.66. The molecular weight excluding hydrogens is 266 g/mol. The van der Waals surface area contributed by atoms with Crippen molar-refractivity contribution in [3.8, 4) is 11.6 Å².